The van der Waals surface area contributed by atoms with E-state index in [0.29, 0.717) is 41.1 Å². The average molecular weight is 393 g/mol. The van der Waals surface area contributed by atoms with Crippen molar-refractivity contribution >= 4 is 41.5 Å². The van der Waals surface area contributed by atoms with Crippen molar-refractivity contribution in [1.29, 1.82) is 0 Å². The van der Waals surface area contributed by atoms with Crippen LogP contribution in [0.15, 0.2) is 18.2 Å². The highest BCUT2D eigenvalue weighted by molar-refractivity contribution is 6.37. The Kier molecular flexibility index (Phi) is 8.48. The third kappa shape index (κ3) is 4.83. The summed E-state index contributed by atoms with van der Waals surface area (Å²) >= 11 is 12.4. The summed E-state index contributed by atoms with van der Waals surface area (Å²) in [5.41, 5.74) is 0.534. The fraction of sp³-hybridized carbons (Fsp3) is 0.400. The largest absolute Gasteiger partial charge is 0.348 e. The molecule has 0 saturated heterocycles. The molecule has 2 rings (SSSR count). The maximum absolute atomic E-state index is 12.1. The molecule has 0 aliphatic rings. The van der Waals surface area contributed by atoms with E-state index in [1.807, 2.05) is 13.8 Å². The summed E-state index contributed by atoms with van der Waals surface area (Å²) < 4.78 is 1.53. The van der Waals surface area contributed by atoms with Gasteiger partial charge in [0, 0.05) is 19.5 Å². The van der Waals surface area contributed by atoms with Gasteiger partial charge in [0.15, 0.2) is 0 Å². The number of rotatable bonds is 7. The van der Waals surface area contributed by atoms with Crippen molar-refractivity contribution in [2.45, 2.75) is 20.3 Å². The molecule has 1 aromatic heterocycles. The summed E-state index contributed by atoms with van der Waals surface area (Å²) in [6.07, 6.45) is 0.596. The van der Waals surface area contributed by atoms with Crippen molar-refractivity contribution in [3.8, 4) is 5.69 Å². The first-order valence-electron chi connectivity index (χ1n) is 7.47. The quantitative estimate of drug-likeness (QED) is 0.711. The van der Waals surface area contributed by atoms with Crippen LogP contribution in [-0.4, -0.2) is 40.3 Å². The van der Waals surface area contributed by atoms with Crippen LogP contribution >= 0.6 is 35.6 Å². The Morgan fingerprint density at radius 1 is 1.21 bits per heavy atom. The van der Waals surface area contributed by atoms with E-state index in [1.165, 1.54) is 4.68 Å². The molecule has 2 N–H and O–H groups in total. The lowest BCUT2D eigenvalue weighted by molar-refractivity contribution is 0.0943. The average Bonchev–Trinajstić information content (AvgIpc) is 2.95. The highest BCUT2D eigenvalue weighted by atomic mass is 35.5. The number of hydrogen-bond acceptors (Lipinski definition) is 4. The number of para-hydroxylation sites is 1. The fourth-order valence-electron chi connectivity index (χ4n) is 2.06. The summed E-state index contributed by atoms with van der Waals surface area (Å²) in [7, 11) is 0. The Balaban J connectivity index is 0.00000288. The zero-order valence-corrected chi connectivity index (χ0v) is 15.8. The molecule has 0 spiro atoms. The molecule has 1 aromatic carbocycles. The number of aryl methyl sites for hydroxylation is 1. The predicted octanol–water partition coefficient (Wildman–Crippen LogP) is 2.90. The first-order chi connectivity index (χ1) is 11.1. The van der Waals surface area contributed by atoms with Gasteiger partial charge in [0.05, 0.1) is 10.0 Å². The molecule has 24 heavy (non-hydrogen) atoms. The van der Waals surface area contributed by atoms with Gasteiger partial charge in [-0.1, -0.05) is 43.1 Å². The molecular weight excluding hydrogens is 373 g/mol. The Morgan fingerprint density at radius 2 is 1.88 bits per heavy atom. The molecule has 0 atom stereocenters. The van der Waals surface area contributed by atoms with E-state index in [4.69, 9.17) is 23.2 Å². The Morgan fingerprint density at radius 3 is 2.46 bits per heavy atom. The number of carbonyl (C=O) groups is 1. The first-order valence-corrected chi connectivity index (χ1v) is 8.23. The van der Waals surface area contributed by atoms with E-state index < -0.39 is 0 Å². The summed E-state index contributed by atoms with van der Waals surface area (Å²) in [5.74, 6) is 0.408. The normalized spacial score (nSPS) is 10.3. The SMILES string of the molecule is CCNCCNC(=O)c1nc(CC)n(-c2c(Cl)cccc2Cl)n1.Cl. The van der Waals surface area contributed by atoms with E-state index in [1.54, 1.807) is 18.2 Å². The molecule has 0 bridgehead atoms. The van der Waals surface area contributed by atoms with Crippen molar-refractivity contribution in [2.75, 3.05) is 19.6 Å². The van der Waals surface area contributed by atoms with Crippen molar-refractivity contribution in [2.24, 2.45) is 0 Å². The minimum atomic E-state index is -0.320. The van der Waals surface area contributed by atoms with Gasteiger partial charge < -0.3 is 10.6 Å². The second-order valence-electron chi connectivity index (χ2n) is 4.80. The predicted molar refractivity (Wildman–Crippen MR) is 98.9 cm³/mol. The Labute approximate surface area is 157 Å². The molecule has 0 unspecified atom stereocenters. The molecule has 6 nitrogen and oxygen atoms in total. The minimum Gasteiger partial charge on any atom is -0.348 e. The van der Waals surface area contributed by atoms with E-state index in [2.05, 4.69) is 20.7 Å². The van der Waals surface area contributed by atoms with Crippen LogP contribution in [0.1, 0.15) is 30.3 Å². The molecule has 0 fully saturated rings. The van der Waals surface area contributed by atoms with Gasteiger partial charge in [-0.05, 0) is 18.7 Å². The second kappa shape index (κ2) is 9.84. The van der Waals surface area contributed by atoms with E-state index in [9.17, 15) is 4.79 Å². The molecular formula is C15H20Cl3N5O. The van der Waals surface area contributed by atoms with Crippen molar-refractivity contribution in [1.82, 2.24) is 25.4 Å². The third-order valence-electron chi connectivity index (χ3n) is 3.18. The van der Waals surface area contributed by atoms with E-state index in [-0.39, 0.29) is 24.1 Å². The number of nitrogens with zero attached hydrogens (tertiary/aromatic N) is 3. The van der Waals surface area contributed by atoms with Crippen LogP contribution in [-0.2, 0) is 6.42 Å². The van der Waals surface area contributed by atoms with Crippen molar-refractivity contribution < 1.29 is 4.79 Å². The van der Waals surface area contributed by atoms with Crippen LogP contribution in [0.4, 0.5) is 0 Å². The summed E-state index contributed by atoms with van der Waals surface area (Å²) in [5, 5.41) is 11.1. The highest BCUT2D eigenvalue weighted by Gasteiger charge is 2.19. The zero-order chi connectivity index (χ0) is 16.8. The van der Waals surface area contributed by atoms with Crippen LogP contribution in [0.2, 0.25) is 10.0 Å². The molecule has 1 heterocycles. The number of benzene rings is 1. The molecule has 1 amide bonds. The molecule has 132 valence electrons. The monoisotopic (exact) mass is 391 g/mol. The lowest BCUT2D eigenvalue weighted by Gasteiger charge is -2.08. The summed E-state index contributed by atoms with van der Waals surface area (Å²) in [6, 6.07) is 5.20. The lowest BCUT2D eigenvalue weighted by atomic mass is 10.3. The van der Waals surface area contributed by atoms with Crippen LogP contribution in [0.3, 0.4) is 0 Å². The van der Waals surface area contributed by atoms with Gasteiger partial charge in [-0.3, -0.25) is 4.79 Å². The molecule has 0 aliphatic heterocycles. The molecule has 0 saturated carbocycles. The molecule has 2 aromatic rings. The maximum Gasteiger partial charge on any atom is 0.291 e. The fourth-order valence-corrected chi connectivity index (χ4v) is 2.62. The summed E-state index contributed by atoms with van der Waals surface area (Å²) in [6.45, 7) is 5.99. The van der Waals surface area contributed by atoms with Gasteiger partial charge in [0.1, 0.15) is 11.5 Å². The van der Waals surface area contributed by atoms with Crippen LogP contribution in [0.25, 0.3) is 5.69 Å². The van der Waals surface area contributed by atoms with Gasteiger partial charge in [0.25, 0.3) is 5.91 Å². The van der Waals surface area contributed by atoms with Gasteiger partial charge >= 0.3 is 0 Å². The Bertz CT molecular complexity index is 669. The number of nitrogens with one attached hydrogen (secondary N) is 2. The molecule has 0 radical (unpaired) electrons. The van der Waals surface area contributed by atoms with Crippen LogP contribution in [0, 0.1) is 0 Å². The number of aromatic nitrogens is 3. The first kappa shape index (κ1) is 20.7. The van der Waals surface area contributed by atoms with Gasteiger partial charge in [-0.15, -0.1) is 17.5 Å². The molecule has 9 heteroatoms. The van der Waals surface area contributed by atoms with Gasteiger partial charge in [-0.25, -0.2) is 9.67 Å². The van der Waals surface area contributed by atoms with Crippen molar-refractivity contribution in [3.63, 3.8) is 0 Å². The topological polar surface area (TPSA) is 71.8 Å². The van der Waals surface area contributed by atoms with Gasteiger partial charge in [-0.2, -0.15) is 0 Å². The highest BCUT2D eigenvalue weighted by Crippen LogP contribution is 2.28. The standard InChI is InChI=1S/C15H19Cl2N5O.ClH/c1-3-12-20-14(15(23)19-9-8-18-4-2)21-22(12)13-10(16)6-5-7-11(13)17;/h5-7,18H,3-4,8-9H2,1-2H3,(H,19,23);1H. The minimum absolute atomic E-state index is 0. The number of hydrogen-bond donors (Lipinski definition) is 2. The smallest absolute Gasteiger partial charge is 0.291 e. The maximum atomic E-state index is 12.1. The summed E-state index contributed by atoms with van der Waals surface area (Å²) in [4.78, 5) is 16.4. The van der Waals surface area contributed by atoms with E-state index >= 15 is 0 Å². The molecule has 0 aliphatic carbocycles. The second-order valence-corrected chi connectivity index (χ2v) is 5.61. The number of likely N-dealkylation sites (N-methyl/N-ethyl adjacent to an activating group) is 1. The van der Waals surface area contributed by atoms with Crippen LogP contribution in [0.5, 0.6) is 0 Å². The number of amides is 1. The van der Waals surface area contributed by atoms with Crippen molar-refractivity contribution in [3.05, 3.63) is 39.9 Å². The number of halogens is 3. The lowest BCUT2D eigenvalue weighted by Crippen LogP contribution is -2.32. The third-order valence-corrected chi connectivity index (χ3v) is 3.79. The zero-order valence-electron chi connectivity index (χ0n) is 13.5. The van der Waals surface area contributed by atoms with Gasteiger partial charge in [0.2, 0.25) is 5.82 Å². The Hall–Kier alpha value is -1.34. The number of carbonyl (C=O) groups excluding carboxylic acids is 1. The van der Waals surface area contributed by atoms with Crippen LogP contribution < -0.4 is 10.6 Å². The van der Waals surface area contributed by atoms with E-state index in [0.717, 1.165) is 6.54 Å².